The Morgan fingerprint density at radius 3 is 2.62 bits per heavy atom. The van der Waals surface area contributed by atoms with E-state index < -0.39 is 0 Å². The number of nitrogens with one attached hydrogen (secondary N) is 1. The van der Waals surface area contributed by atoms with Crippen LogP contribution >= 0.6 is 23.2 Å². The van der Waals surface area contributed by atoms with Gasteiger partial charge in [0.25, 0.3) is 0 Å². The van der Waals surface area contributed by atoms with Gasteiger partial charge in [0.2, 0.25) is 0 Å². The molecule has 16 heavy (non-hydrogen) atoms. The van der Waals surface area contributed by atoms with E-state index in [0.29, 0.717) is 16.6 Å². The van der Waals surface area contributed by atoms with E-state index in [1.54, 1.807) is 0 Å². The quantitative estimate of drug-likeness (QED) is 0.823. The number of aliphatic hydroxyl groups excluding tert-OH is 1. The Morgan fingerprint density at radius 1 is 1.31 bits per heavy atom. The average Bonchev–Trinajstić information content (AvgIpc) is 2.28. The van der Waals surface area contributed by atoms with E-state index in [2.05, 4.69) is 12.2 Å². The van der Waals surface area contributed by atoms with Crippen LogP contribution in [-0.2, 0) is 0 Å². The van der Waals surface area contributed by atoms with Gasteiger partial charge in [-0.25, -0.2) is 0 Å². The molecule has 0 saturated heterocycles. The molecule has 2 nitrogen and oxygen atoms in total. The summed E-state index contributed by atoms with van der Waals surface area (Å²) in [6.07, 6.45) is 2.08. The number of rotatable bonds is 6. The summed E-state index contributed by atoms with van der Waals surface area (Å²) in [5, 5.41) is 13.2. The second-order valence-corrected chi connectivity index (χ2v) is 4.51. The molecule has 90 valence electrons. The fraction of sp³-hybridized carbons (Fsp3) is 0.500. The van der Waals surface area contributed by atoms with E-state index in [9.17, 15) is 0 Å². The van der Waals surface area contributed by atoms with E-state index >= 15 is 0 Å². The zero-order valence-corrected chi connectivity index (χ0v) is 10.9. The highest BCUT2D eigenvalue weighted by Crippen LogP contribution is 2.27. The third-order valence-corrected chi connectivity index (χ3v) is 3.16. The standard InChI is InChI=1S/C12H17Cl2NO/c1-2-3-12(15-6-7-16)9-4-5-10(13)11(14)8-9/h4-5,8,12,15-16H,2-3,6-7H2,1H3. The first-order valence-corrected chi connectivity index (χ1v) is 6.23. The third-order valence-electron chi connectivity index (χ3n) is 2.43. The molecule has 1 aromatic carbocycles. The maximum absolute atomic E-state index is 8.82. The minimum absolute atomic E-state index is 0.140. The number of hydrogen-bond acceptors (Lipinski definition) is 2. The maximum Gasteiger partial charge on any atom is 0.0595 e. The van der Waals surface area contributed by atoms with Gasteiger partial charge in [-0.15, -0.1) is 0 Å². The number of halogens is 2. The summed E-state index contributed by atoms with van der Waals surface area (Å²) in [6, 6.07) is 5.89. The first-order valence-electron chi connectivity index (χ1n) is 5.48. The van der Waals surface area contributed by atoms with Crippen LogP contribution in [-0.4, -0.2) is 18.3 Å². The van der Waals surface area contributed by atoms with Crippen LogP contribution in [0.15, 0.2) is 18.2 Å². The molecule has 0 fully saturated rings. The van der Waals surface area contributed by atoms with Gasteiger partial charge in [0.15, 0.2) is 0 Å². The van der Waals surface area contributed by atoms with Gasteiger partial charge in [0.05, 0.1) is 16.7 Å². The molecule has 0 aromatic heterocycles. The number of benzene rings is 1. The van der Waals surface area contributed by atoms with Crippen LogP contribution in [0.1, 0.15) is 31.4 Å². The lowest BCUT2D eigenvalue weighted by atomic mass is 10.0. The number of hydrogen-bond donors (Lipinski definition) is 2. The molecule has 1 aromatic rings. The lowest BCUT2D eigenvalue weighted by Crippen LogP contribution is -2.24. The molecule has 0 spiro atoms. The smallest absolute Gasteiger partial charge is 0.0595 e. The molecule has 0 aliphatic rings. The molecule has 0 saturated carbocycles. The van der Waals surface area contributed by atoms with Crippen molar-refractivity contribution in [3.8, 4) is 0 Å². The summed E-state index contributed by atoms with van der Waals surface area (Å²) in [7, 11) is 0. The Kier molecular flexibility index (Phi) is 6.14. The van der Waals surface area contributed by atoms with Gasteiger partial charge >= 0.3 is 0 Å². The molecule has 1 unspecified atom stereocenters. The fourth-order valence-corrected chi connectivity index (χ4v) is 1.95. The van der Waals surface area contributed by atoms with E-state index in [1.165, 1.54) is 0 Å². The molecular weight excluding hydrogens is 245 g/mol. The minimum atomic E-state index is 0.140. The summed E-state index contributed by atoms with van der Waals surface area (Å²) in [5.41, 5.74) is 1.12. The summed E-state index contributed by atoms with van der Waals surface area (Å²) in [5.74, 6) is 0. The zero-order valence-electron chi connectivity index (χ0n) is 9.34. The largest absolute Gasteiger partial charge is 0.395 e. The summed E-state index contributed by atoms with van der Waals surface area (Å²) in [4.78, 5) is 0. The summed E-state index contributed by atoms with van der Waals surface area (Å²) < 4.78 is 0. The van der Waals surface area contributed by atoms with Gasteiger partial charge in [0, 0.05) is 12.6 Å². The van der Waals surface area contributed by atoms with Crippen LogP contribution in [0.4, 0.5) is 0 Å². The van der Waals surface area contributed by atoms with Crippen molar-refractivity contribution >= 4 is 23.2 Å². The Labute approximate surface area is 107 Å². The van der Waals surface area contributed by atoms with Crippen molar-refractivity contribution in [1.82, 2.24) is 5.32 Å². The number of aliphatic hydroxyl groups is 1. The highest BCUT2D eigenvalue weighted by atomic mass is 35.5. The normalized spacial score (nSPS) is 12.8. The van der Waals surface area contributed by atoms with Crippen LogP contribution in [0, 0.1) is 0 Å². The molecular formula is C12H17Cl2NO. The van der Waals surface area contributed by atoms with Crippen molar-refractivity contribution in [2.75, 3.05) is 13.2 Å². The van der Waals surface area contributed by atoms with Crippen molar-refractivity contribution in [1.29, 1.82) is 0 Å². The Balaban J connectivity index is 2.78. The molecule has 0 aliphatic carbocycles. The first-order chi connectivity index (χ1) is 7.69. The molecule has 0 heterocycles. The van der Waals surface area contributed by atoms with Gasteiger partial charge in [-0.2, -0.15) is 0 Å². The van der Waals surface area contributed by atoms with Crippen molar-refractivity contribution in [3.63, 3.8) is 0 Å². The van der Waals surface area contributed by atoms with Gasteiger partial charge < -0.3 is 10.4 Å². The molecule has 0 bridgehead atoms. The van der Waals surface area contributed by atoms with Crippen molar-refractivity contribution < 1.29 is 5.11 Å². The molecule has 0 amide bonds. The van der Waals surface area contributed by atoms with E-state index in [4.69, 9.17) is 28.3 Å². The van der Waals surface area contributed by atoms with Crippen molar-refractivity contribution in [2.24, 2.45) is 0 Å². The second kappa shape index (κ2) is 7.13. The first kappa shape index (κ1) is 13.8. The SMILES string of the molecule is CCCC(NCCO)c1ccc(Cl)c(Cl)c1. The Bertz CT molecular complexity index is 331. The molecule has 2 N–H and O–H groups in total. The van der Waals surface area contributed by atoms with Crippen LogP contribution in [0.2, 0.25) is 10.0 Å². The van der Waals surface area contributed by atoms with Gasteiger partial charge in [-0.1, -0.05) is 42.6 Å². The molecule has 0 radical (unpaired) electrons. The minimum Gasteiger partial charge on any atom is -0.395 e. The van der Waals surface area contributed by atoms with Gasteiger partial charge in [-0.05, 0) is 24.1 Å². The van der Waals surface area contributed by atoms with Crippen LogP contribution < -0.4 is 5.32 Å². The summed E-state index contributed by atoms with van der Waals surface area (Å²) >= 11 is 11.9. The van der Waals surface area contributed by atoms with Crippen LogP contribution in [0.5, 0.6) is 0 Å². The highest BCUT2D eigenvalue weighted by molar-refractivity contribution is 6.42. The third kappa shape index (κ3) is 3.95. The van der Waals surface area contributed by atoms with E-state index in [1.807, 2.05) is 18.2 Å². The van der Waals surface area contributed by atoms with Crippen molar-refractivity contribution in [3.05, 3.63) is 33.8 Å². The Hall–Kier alpha value is -0.280. The summed E-state index contributed by atoms with van der Waals surface area (Å²) in [6.45, 7) is 2.86. The van der Waals surface area contributed by atoms with Crippen LogP contribution in [0.3, 0.4) is 0 Å². The lowest BCUT2D eigenvalue weighted by Gasteiger charge is -2.18. The second-order valence-electron chi connectivity index (χ2n) is 3.69. The predicted molar refractivity (Wildman–Crippen MR) is 69.2 cm³/mol. The zero-order chi connectivity index (χ0) is 12.0. The lowest BCUT2D eigenvalue weighted by molar-refractivity contribution is 0.282. The topological polar surface area (TPSA) is 32.3 Å². The van der Waals surface area contributed by atoms with E-state index in [0.717, 1.165) is 18.4 Å². The molecule has 0 aliphatic heterocycles. The monoisotopic (exact) mass is 261 g/mol. The van der Waals surface area contributed by atoms with E-state index in [-0.39, 0.29) is 12.6 Å². The average molecular weight is 262 g/mol. The molecule has 1 atom stereocenters. The van der Waals surface area contributed by atoms with Gasteiger partial charge in [-0.3, -0.25) is 0 Å². The van der Waals surface area contributed by atoms with Gasteiger partial charge in [0.1, 0.15) is 0 Å². The fourth-order valence-electron chi connectivity index (χ4n) is 1.64. The predicted octanol–water partition coefficient (Wildman–Crippen LogP) is 3.42. The maximum atomic E-state index is 8.82. The molecule has 1 rings (SSSR count). The molecule has 4 heteroatoms. The van der Waals surface area contributed by atoms with Crippen LogP contribution in [0.25, 0.3) is 0 Å². The van der Waals surface area contributed by atoms with Crippen molar-refractivity contribution in [2.45, 2.75) is 25.8 Å². The Morgan fingerprint density at radius 2 is 2.06 bits per heavy atom. The highest BCUT2D eigenvalue weighted by Gasteiger charge is 2.10.